The van der Waals surface area contributed by atoms with Crippen molar-refractivity contribution >= 4 is 5.97 Å². The monoisotopic (exact) mass is 542 g/mol. The van der Waals surface area contributed by atoms with Crippen LogP contribution in [-0.2, 0) is 28.4 Å². The van der Waals surface area contributed by atoms with Gasteiger partial charge in [-0.25, -0.2) is 4.98 Å². The molecule has 2 aromatic carbocycles. The summed E-state index contributed by atoms with van der Waals surface area (Å²) in [4.78, 5) is 15.5. The third-order valence-electron chi connectivity index (χ3n) is 5.84. The van der Waals surface area contributed by atoms with Crippen molar-refractivity contribution in [1.29, 1.82) is 0 Å². The van der Waals surface area contributed by atoms with Crippen LogP contribution >= 0.6 is 0 Å². The van der Waals surface area contributed by atoms with Crippen LogP contribution in [0.25, 0.3) is 11.4 Å². The molecule has 1 aromatic heterocycles. The highest BCUT2D eigenvalue weighted by Gasteiger charge is 2.37. The number of imidazole rings is 1. The van der Waals surface area contributed by atoms with Gasteiger partial charge in [-0.1, -0.05) is 37.3 Å². The molecule has 0 N–H and O–H groups in total. The number of esters is 1. The molecule has 3 aromatic rings. The van der Waals surface area contributed by atoms with E-state index >= 15 is 0 Å². The second-order valence-corrected chi connectivity index (χ2v) is 8.84. The van der Waals surface area contributed by atoms with Crippen LogP contribution in [-0.4, -0.2) is 28.7 Å². The topological polar surface area (TPSA) is 53.4 Å². The van der Waals surface area contributed by atoms with Crippen molar-refractivity contribution in [3.63, 3.8) is 0 Å². The van der Waals surface area contributed by atoms with Crippen molar-refractivity contribution in [2.24, 2.45) is 5.92 Å². The quantitative estimate of drug-likeness (QED) is 0.144. The number of ether oxygens (including phenoxy) is 2. The van der Waals surface area contributed by atoms with Crippen LogP contribution in [0.3, 0.4) is 0 Å². The first-order chi connectivity index (χ1) is 17.9. The first kappa shape index (κ1) is 29.1. The fraction of sp³-hybridized carbons (Fsp3) is 0.407. The Bertz CT molecular complexity index is 1200. The highest BCUT2D eigenvalue weighted by molar-refractivity contribution is 5.69. The summed E-state index contributed by atoms with van der Waals surface area (Å²) in [6, 6.07) is 10.4. The minimum Gasteiger partial charge on any atom is -0.493 e. The molecule has 0 spiro atoms. The van der Waals surface area contributed by atoms with Gasteiger partial charge in [-0.15, -0.1) is 0 Å². The number of aromatic nitrogens is 2. The number of alkyl halides is 6. The fourth-order valence-corrected chi connectivity index (χ4v) is 3.97. The maximum atomic E-state index is 13.8. The fourth-order valence-electron chi connectivity index (χ4n) is 3.97. The van der Waals surface area contributed by atoms with E-state index in [1.165, 1.54) is 0 Å². The molecule has 0 fully saturated rings. The van der Waals surface area contributed by atoms with Gasteiger partial charge in [-0.2, -0.15) is 26.3 Å². The lowest BCUT2D eigenvalue weighted by Crippen LogP contribution is -2.16. The minimum absolute atomic E-state index is 0.0829. The molecule has 5 nitrogen and oxygen atoms in total. The Morgan fingerprint density at radius 1 is 1.00 bits per heavy atom. The van der Waals surface area contributed by atoms with Crippen LogP contribution < -0.4 is 4.74 Å². The van der Waals surface area contributed by atoms with Gasteiger partial charge in [-0.05, 0) is 43.9 Å². The molecule has 0 saturated heterocycles. The smallest absolute Gasteiger partial charge is 0.433 e. The summed E-state index contributed by atoms with van der Waals surface area (Å²) in [6.07, 6.45) is -7.04. The normalized spacial score (nSPS) is 12.8. The summed E-state index contributed by atoms with van der Waals surface area (Å²) in [5.41, 5.74) is -1.38. The molecule has 0 unspecified atom stereocenters. The number of hydrogen-bond acceptors (Lipinski definition) is 4. The van der Waals surface area contributed by atoms with Gasteiger partial charge in [0.2, 0.25) is 0 Å². The molecule has 0 aliphatic heterocycles. The Hall–Kier alpha value is -3.50. The minimum atomic E-state index is -4.73. The van der Waals surface area contributed by atoms with E-state index in [0.29, 0.717) is 37.0 Å². The Morgan fingerprint density at radius 2 is 1.68 bits per heavy atom. The number of benzene rings is 2. The van der Waals surface area contributed by atoms with Crippen molar-refractivity contribution in [3.8, 4) is 17.1 Å². The summed E-state index contributed by atoms with van der Waals surface area (Å²) in [5, 5.41) is 0. The summed E-state index contributed by atoms with van der Waals surface area (Å²) in [6.45, 7) is 4.00. The summed E-state index contributed by atoms with van der Waals surface area (Å²) < 4.78 is 91.9. The molecule has 3 rings (SSSR count). The number of carbonyl (C=O) groups excluding carboxylic acids is 1. The molecule has 0 bridgehead atoms. The third-order valence-corrected chi connectivity index (χ3v) is 5.84. The maximum Gasteiger partial charge on any atom is 0.433 e. The summed E-state index contributed by atoms with van der Waals surface area (Å²) in [5.74, 6) is 0.0785. The lowest BCUT2D eigenvalue weighted by molar-refractivity contribution is -0.144. The van der Waals surface area contributed by atoms with Gasteiger partial charge in [0.25, 0.3) is 0 Å². The van der Waals surface area contributed by atoms with E-state index < -0.39 is 23.6 Å². The molecule has 1 atom stereocenters. The van der Waals surface area contributed by atoms with E-state index in [2.05, 4.69) is 4.98 Å². The van der Waals surface area contributed by atoms with E-state index in [9.17, 15) is 31.1 Å². The zero-order valence-electron chi connectivity index (χ0n) is 20.9. The van der Waals surface area contributed by atoms with Crippen molar-refractivity contribution in [2.45, 2.75) is 52.0 Å². The Morgan fingerprint density at radius 3 is 2.32 bits per heavy atom. The van der Waals surface area contributed by atoms with Crippen molar-refractivity contribution < 1.29 is 40.6 Å². The second-order valence-electron chi connectivity index (χ2n) is 8.84. The Labute approximate surface area is 216 Å². The van der Waals surface area contributed by atoms with E-state index in [4.69, 9.17) is 9.47 Å². The van der Waals surface area contributed by atoms with Gasteiger partial charge in [0.05, 0.1) is 31.5 Å². The maximum absolute atomic E-state index is 13.8. The largest absolute Gasteiger partial charge is 0.493 e. The van der Waals surface area contributed by atoms with Crippen LogP contribution in [0.5, 0.6) is 5.75 Å². The Balaban J connectivity index is 1.78. The van der Waals surface area contributed by atoms with Crippen molar-refractivity contribution in [3.05, 3.63) is 71.5 Å². The van der Waals surface area contributed by atoms with Crippen LogP contribution in [0.15, 0.2) is 54.7 Å². The van der Waals surface area contributed by atoms with Gasteiger partial charge < -0.3 is 14.0 Å². The lowest BCUT2D eigenvalue weighted by Gasteiger charge is -2.17. The van der Waals surface area contributed by atoms with Gasteiger partial charge in [-0.3, -0.25) is 4.79 Å². The number of nitrogens with zero attached hydrogens (tertiary/aromatic N) is 2. The van der Waals surface area contributed by atoms with Gasteiger partial charge in [0.1, 0.15) is 17.3 Å². The predicted molar refractivity (Wildman–Crippen MR) is 128 cm³/mol. The number of hydrogen-bond donors (Lipinski definition) is 0. The molecule has 11 heteroatoms. The number of para-hydroxylation sites is 1. The molecule has 1 heterocycles. The molecule has 38 heavy (non-hydrogen) atoms. The summed E-state index contributed by atoms with van der Waals surface area (Å²) in [7, 11) is 0. The summed E-state index contributed by atoms with van der Waals surface area (Å²) >= 11 is 0. The van der Waals surface area contributed by atoms with Gasteiger partial charge in [0.15, 0.2) is 0 Å². The van der Waals surface area contributed by atoms with Crippen LogP contribution in [0, 0.1) is 5.92 Å². The molecule has 206 valence electrons. The van der Waals surface area contributed by atoms with Crippen molar-refractivity contribution in [1.82, 2.24) is 9.55 Å². The van der Waals surface area contributed by atoms with Crippen LogP contribution in [0.4, 0.5) is 26.3 Å². The third kappa shape index (κ3) is 7.75. The Kier molecular flexibility index (Phi) is 9.45. The van der Waals surface area contributed by atoms with Crippen molar-refractivity contribution in [2.75, 3.05) is 13.2 Å². The predicted octanol–water partition coefficient (Wildman–Crippen LogP) is 7.38. The average Bonchev–Trinajstić information content (AvgIpc) is 3.26. The molecule has 0 radical (unpaired) electrons. The van der Waals surface area contributed by atoms with Gasteiger partial charge >= 0.3 is 18.3 Å². The molecular weight excluding hydrogens is 514 g/mol. The molecule has 0 aliphatic rings. The average molecular weight is 543 g/mol. The standard InChI is InChI=1S/C27H28F6N2O3/c1-3-37-24(36)15-18(2)7-6-14-38-22-9-5-4-8-20(22)17-35-23(27(31,32)33)16-34-25(35)19-10-12-21(13-11-19)26(28,29)30/h4-5,8-13,16,18H,3,6-7,14-15,17H2,1-2H3/t18-/m1/s1. The van der Waals surface area contributed by atoms with E-state index in [0.717, 1.165) is 28.8 Å². The molecular formula is C27H28F6N2O3. The van der Waals surface area contributed by atoms with E-state index in [1.54, 1.807) is 31.2 Å². The first-order valence-corrected chi connectivity index (χ1v) is 12.1. The zero-order valence-corrected chi connectivity index (χ0v) is 20.9. The lowest BCUT2D eigenvalue weighted by atomic mass is 10.0. The number of carbonyl (C=O) groups is 1. The molecule has 0 saturated carbocycles. The van der Waals surface area contributed by atoms with E-state index in [-0.39, 0.29) is 42.8 Å². The second kappa shape index (κ2) is 12.4. The van der Waals surface area contributed by atoms with E-state index in [1.807, 2.05) is 6.92 Å². The zero-order chi connectivity index (χ0) is 27.9. The van der Waals surface area contributed by atoms with Crippen LogP contribution in [0.1, 0.15) is 49.9 Å². The highest BCUT2D eigenvalue weighted by atomic mass is 19.4. The van der Waals surface area contributed by atoms with Crippen LogP contribution in [0.2, 0.25) is 0 Å². The molecule has 0 amide bonds. The number of halogens is 6. The number of rotatable bonds is 11. The van der Waals surface area contributed by atoms with Gasteiger partial charge in [0, 0.05) is 17.5 Å². The SMILES string of the molecule is CCOC(=O)C[C@H](C)CCCOc1ccccc1Cn1c(C(F)(F)F)cnc1-c1ccc(C(F)(F)F)cc1. The molecule has 0 aliphatic carbocycles. The highest BCUT2D eigenvalue weighted by Crippen LogP contribution is 2.35. The first-order valence-electron chi connectivity index (χ1n) is 12.1.